The molecule has 0 aliphatic rings. The van der Waals surface area contributed by atoms with E-state index in [1.807, 2.05) is 60.7 Å². The van der Waals surface area contributed by atoms with Gasteiger partial charge in [-0.2, -0.15) is 0 Å². The average Bonchev–Trinajstić information content (AvgIpc) is 2.66. The van der Waals surface area contributed by atoms with Gasteiger partial charge < -0.3 is 19.5 Å². The van der Waals surface area contributed by atoms with Crippen molar-refractivity contribution in [1.29, 1.82) is 0 Å². The van der Waals surface area contributed by atoms with Crippen molar-refractivity contribution in [1.82, 2.24) is 5.32 Å². The summed E-state index contributed by atoms with van der Waals surface area (Å²) < 4.78 is 15.6. The number of alkyl carbamates (subject to hydrolysis) is 1. The number of hydrogen-bond acceptors (Lipinski definition) is 4. The molecule has 0 fully saturated rings. The molecule has 132 valence electrons. The van der Waals surface area contributed by atoms with Gasteiger partial charge >= 0.3 is 6.09 Å². The van der Waals surface area contributed by atoms with Crippen molar-refractivity contribution in [2.75, 3.05) is 20.8 Å². The van der Waals surface area contributed by atoms with Crippen molar-refractivity contribution in [3.05, 3.63) is 65.7 Å². The van der Waals surface area contributed by atoms with Gasteiger partial charge in [-0.3, -0.25) is 0 Å². The normalized spacial score (nSPS) is 10.5. The van der Waals surface area contributed by atoms with Crippen molar-refractivity contribution >= 4 is 12.2 Å². The zero-order chi connectivity index (χ0) is 17.9. The minimum absolute atomic E-state index is 0.272. The lowest BCUT2D eigenvalue weighted by Crippen LogP contribution is -2.24. The molecule has 0 saturated heterocycles. The second-order valence-electron chi connectivity index (χ2n) is 5.29. The van der Waals surface area contributed by atoms with E-state index in [1.165, 1.54) is 0 Å². The van der Waals surface area contributed by atoms with Crippen LogP contribution in [0.5, 0.6) is 11.5 Å². The van der Waals surface area contributed by atoms with Crippen molar-refractivity contribution in [2.45, 2.75) is 13.0 Å². The zero-order valence-corrected chi connectivity index (χ0v) is 14.5. The summed E-state index contributed by atoms with van der Waals surface area (Å²) in [5.74, 6) is 1.38. The molecule has 0 bridgehead atoms. The van der Waals surface area contributed by atoms with E-state index in [-0.39, 0.29) is 6.61 Å². The Morgan fingerprint density at radius 3 is 2.52 bits per heavy atom. The summed E-state index contributed by atoms with van der Waals surface area (Å²) in [5.41, 5.74) is 1.97. The van der Waals surface area contributed by atoms with E-state index in [9.17, 15) is 4.79 Å². The molecule has 2 aromatic carbocycles. The molecule has 0 unspecified atom stereocenters. The molecule has 1 N–H and O–H groups in total. The van der Waals surface area contributed by atoms with Gasteiger partial charge in [0, 0.05) is 6.54 Å². The first kappa shape index (κ1) is 18.4. The fourth-order valence-corrected chi connectivity index (χ4v) is 2.21. The van der Waals surface area contributed by atoms with E-state index in [0.29, 0.717) is 24.5 Å². The first-order valence-electron chi connectivity index (χ1n) is 8.06. The fraction of sp³-hybridized carbons (Fsp3) is 0.250. The highest BCUT2D eigenvalue weighted by atomic mass is 16.5. The summed E-state index contributed by atoms with van der Waals surface area (Å²) in [6.07, 6.45) is 4.25. The minimum Gasteiger partial charge on any atom is -0.493 e. The number of benzene rings is 2. The lowest BCUT2D eigenvalue weighted by atomic mass is 10.2. The lowest BCUT2D eigenvalue weighted by molar-refractivity contribution is 0.140. The predicted octanol–water partition coefficient (Wildman–Crippen LogP) is 4.03. The minimum atomic E-state index is -0.414. The monoisotopic (exact) mass is 341 g/mol. The van der Waals surface area contributed by atoms with Crippen LogP contribution in [-0.4, -0.2) is 26.9 Å². The fourth-order valence-electron chi connectivity index (χ4n) is 2.21. The summed E-state index contributed by atoms with van der Waals surface area (Å²) in [6, 6.07) is 15.3. The largest absolute Gasteiger partial charge is 0.493 e. The standard InChI is InChI=1S/C20H23NO4/c1-23-18-12-11-16(14-19(18)24-2)8-6-7-13-21-20(22)25-15-17-9-4-3-5-10-17/h3-6,8-12,14H,7,13,15H2,1-2H3,(H,21,22). The predicted molar refractivity (Wildman–Crippen MR) is 97.8 cm³/mol. The van der Waals surface area contributed by atoms with Crippen LogP contribution in [-0.2, 0) is 11.3 Å². The molecule has 25 heavy (non-hydrogen) atoms. The van der Waals surface area contributed by atoms with Crippen LogP contribution in [0.1, 0.15) is 17.5 Å². The van der Waals surface area contributed by atoms with Gasteiger partial charge in [-0.15, -0.1) is 0 Å². The summed E-state index contributed by atoms with van der Waals surface area (Å²) in [7, 11) is 3.21. The van der Waals surface area contributed by atoms with Gasteiger partial charge in [0.05, 0.1) is 14.2 Å². The smallest absolute Gasteiger partial charge is 0.407 e. The summed E-state index contributed by atoms with van der Waals surface area (Å²) in [6.45, 7) is 0.783. The first-order chi connectivity index (χ1) is 12.2. The second-order valence-corrected chi connectivity index (χ2v) is 5.29. The number of ether oxygens (including phenoxy) is 3. The van der Waals surface area contributed by atoms with Gasteiger partial charge in [0.15, 0.2) is 11.5 Å². The van der Waals surface area contributed by atoms with Gasteiger partial charge in [-0.1, -0.05) is 48.6 Å². The van der Waals surface area contributed by atoms with Crippen molar-refractivity contribution < 1.29 is 19.0 Å². The molecule has 5 heteroatoms. The Kier molecular flexibility index (Phi) is 7.38. The molecule has 0 spiro atoms. The highest BCUT2D eigenvalue weighted by Gasteiger charge is 2.03. The number of rotatable bonds is 8. The molecule has 0 aliphatic carbocycles. The molecule has 0 saturated carbocycles. The maximum Gasteiger partial charge on any atom is 0.407 e. The van der Waals surface area contributed by atoms with E-state index in [2.05, 4.69) is 5.32 Å². The van der Waals surface area contributed by atoms with Gasteiger partial charge in [-0.05, 0) is 29.7 Å². The van der Waals surface area contributed by atoms with Crippen LogP contribution in [0.25, 0.3) is 6.08 Å². The Morgan fingerprint density at radius 1 is 1.04 bits per heavy atom. The van der Waals surface area contributed by atoms with Crippen LogP contribution in [0.4, 0.5) is 4.79 Å². The molecule has 0 radical (unpaired) electrons. The van der Waals surface area contributed by atoms with E-state index in [1.54, 1.807) is 14.2 Å². The van der Waals surface area contributed by atoms with E-state index < -0.39 is 6.09 Å². The SMILES string of the molecule is COc1ccc(C=CCCNC(=O)OCc2ccccc2)cc1OC. The Morgan fingerprint density at radius 2 is 1.80 bits per heavy atom. The van der Waals surface area contributed by atoms with Crippen LogP contribution >= 0.6 is 0 Å². The number of carbonyl (C=O) groups excluding carboxylic acids is 1. The van der Waals surface area contributed by atoms with Gasteiger partial charge in [-0.25, -0.2) is 4.79 Å². The van der Waals surface area contributed by atoms with Gasteiger partial charge in [0.25, 0.3) is 0 Å². The third-order valence-corrected chi connectivity index (χ3v) is 3.51. The van der Waals surface area contributed by atoms with Crippen LogP contribution < -0.4 is 14.8 Å². The van der Waals surface area contributed by atoms with Crippen LogP contribution in [0, 0.1) is 0 Å². The molecule has 0 atom stereocenters. The molecule has 0 aromatic heterocycles. The zero-order valence-electron chi connectivity index (χ0n) is 14.5. The van der Waals surface area contributed by atoms with Crippen molar-refractivity contribution in [2.24, 2.45) is 0 Å². The molecule has 0 aliphatic heterocycles. The number of hydrogen-bond donors (Lipinski definition) is 1. The third-order valence-electron chi connectivity index (χ3n) is 3.51. The summed E-state index contributed by atoms with van der Waals surface area (Å²) in [5, 5.41) is 2.72. The Bertz CT molecular complexity index is 698. The average molecular weight is 341 g/mol. The Balaban J connectivity index is 1.70. The van der Waals surface area contributed by atoms with Crippen molar-refractivity contribution in [3.8, 4) is 11.5 Å². The first-order valence-corrected chi connectivity index (χ1v) is 8.06. The van der Waals surface area contributed by atoms with E-state index >= 15 is 0 Å². The van der Waals surface area contributed by atoms with Crippen LogP contribution in [0.2, 0.25) is 0 Å². The lowest BCUT2D eigenvalue weighted by Gasteiger charge is -2.07. The van der Waals surface area contributed by atoms with Crippen LogP contribution in [0.15, 0.2) is 54.6 Å². The third kappa shape index (κ3) is 6.22. The number of carbonyl (C=O) groups is 1. The molecular formula is C20H23NO4. The van der Waals surface area contributed by atoms with Gasteiger partial charge in [0.2, 0.25) is 0 Å². The Labute approximate surface area is 148 Å². The molecular weight excluding hydrogens is 318 g/mol. The maximum absolute atomic E-state index is 11.6. The number of nitrogens with one attached hydrogen (secondary N) is 1. The Hall–Kier alpha value is -2.95. The van der Waals surface area contributed by atoms with E-state index in [4.69, 9.17) is 14.2 Å². The molecule has 2 aromatic rings. The highest BCUT2D eigenvalue weighted by molar-refractivity contribution is 5.67. The van der Waals surface area contributed by atoms with Crippen molar-refractivity contribution in [3.63, 3.8) is 0 Å². The highest BCUT2D eigenvalue weighted by Crippen LogP contribution is 2.27. The summed E-state index contributed by atoms with van der Waals surface area (Å²) in [4.78, 5) is 11.6. The second kappa shape index (κ2) is 10.0. The molecule has 0 heterocycles. The number of amides is 1. The molecule has 5 nitrogen and oxygen atoms in total. The number of methoxy groups -OCH3 is 2. The molecule has 1 amide bonds. The molecule has 2 rings (SSSR count). The van der Waals surface area contributed by atoms with Crippen LogP contribution in [0.3, 0.4) is 0 Å². The maximum atomic E-state index is 11.6. The van der Waals surface area contributed by atoms with E-state index in [0.717, 1.165) is 11.1 Å². The quantitative estimate of drug-likeness (QED) is 0.737. The topological polar surface area (TPSA) is 56.8 Å². The van der Waals surface area contributed by atoms with Gasteiger partial charge in [0.1, 0.15) is 6.61 Å². The summed E-state index contributed by atoms with van der Waals surface area (Å²) >= 11 is 0.